The van der Waals surface area contributed by atoms with Crippen molar-refractivity contribution < 1.29 is 122 Å². The van der Waals surface area contributed by atoms with Gasteiger partial charge < -0.3 is 27.2 Å². The van der Waals surface area contributed by atoms with Gasteiger partial charge in [0.15, 0.2) is 40.1 Å². The molecule has 0 aromatic carbocycles. The summed E-state index contributed by atoms with van der Waals surface area (Å²) >= 11 is 0. The Morgan fingerprint density at radius 3 is 0.721 bits per heavy atom. The predicted molar refractivity (Wildman–Crippen MR) is 112 cm³/mol. The number of ether oxygens (including phenoxy) is 4. The molecule has 14 nitrogen and oxygen atoms in total. The van der Waals surface area contributed by atoms with Crippen molar-refractivity contribution in [2.45, 2.75) is 22.0 Å². The van der Waals surface area contributed by atoms with Crippen LogP contribution in [0.2, 0.25) is 0 Å². The van der Waals surface area contributed by atoms with E-state index < -0.39 is 62.1 Å². The van der Waals surface area contributed by atoms with Crippen molar-refractivity contribution in [3.63, 3.8) is 0 Å². The molecule has 0 spiro atoms. The van der Waals surface area contributed by atoms with Gasteiger partial charge in [0.2, 0.25) is 0 Å². The maximum atomic E-state index is 11.4. The molecule has 0 amide bonds. The van der Waals surface area contributed by atoms with Crippen LogP contribution in [0.4, 0.5) is 52.7 Å². The molecule has 0 rings (SSSR count). The van der Waals surface area contributed by atoms with Crippen LogP contribution in [-0.4, -0.2) is 110 Å². The molecule has 1 radical (unpaired) electrons. The molecule has 43 heavy (non-hydrogen) atoms. The van der Waals surface area contributed by atoms with Crippen molar-refractivity contribution in [2.75, 3.05) is 53.9 Å². The van der Waals surface area contributed by atoms with Gasteiger partial charge in [0.25, 0.3) is 0 Å². The molecule has 263 valence electrons. The third kappa shape index (κ3) is 20.1. The van der Waals surface area contributed by atoms with Crippen molar-refractivity contribution in [1.82, 2.24) is 0 Å². The zero-order valence-electron chi connectivity index (χ0n) is 20.6. The summed E-state index contributed by atoms with van der Waals surface area (Å²) in [6, 6.07) is 0. The molecule has 0 saturated carbocycles. The number of alkyl halides is 12. The van der Waals surface area contributed by atoms with Crippen LogP contribution >= 0.6 is 0 Å². The first-order valence-electron chi connectivity index (χ1n) is 9.20. The summed E-state index contributed by atoms with van der Waals surface area (Å²) in [5, 5.41) is 0. The fraction of sp³-hybridized carbons (Fsp3) is 1.00. The second kappa shape index (κ2) is 19.0. The van der Waals surface area contributed by atoms with E-state index in [0.717, 1.165) is 8.25 Å². The molecule has 0 bridgehead atoms. The first-order valence-corrected chi connectivity index (χ1v) is 15.0. The molecule has 0 aliphatic heterocycles. The molecule has 0 aliphatic rings. The van der Waals surface area contributed by atoms with E-state index >= 15 is 0 Å². The molecular formula is C12H18F12MnN2O12S4. The second-order valence-corrected chi connectivity index (χ2v) is 12.9. The summed E-state index contributed by atoms with van der Waals surface area (Å²) in [5.74, 6) is 0. The van der Waals surface area contributed by atoms with Crippen molar-refractivity contribution in [2.24, 2.45) is 0 Å². The summed E-state index contributed by atoms with van der Waals surface area (Å²) in [6.07, 6.45) is 0. The van der Waals surface area contributed by atoms with Crippen LogP contribution in [0.5, 0.6) is 0 Å². The van der Waals surface area contributed by atoms with Crippen molar-refractivity contribution >= 4 is 40.1 Å². The number of methoxy groups -OCH3 is 2. The Balaban J connectivity index is -0.000000264. The molecule has 0 aliphatic carbocycles. The number of nitrogens with zero attached hydrogens (tertiary/aromatic N) is 2. The molecule has 0 aromatic heterocycles. The molecule has 0 heterocycles. The van der Waals surface area contributed by atoms with Crippen molar-refractivity contribution in [3.05, 3.63) is 8.25 Å². The van der Waals surface area contributed by atoms with Gasteiger partial charge >= 0.3 is 39.1 Å². The molecule has 31 heteroatoms. The minimum Gasteiger partial charge on any atom is -0.421 e. The van der Waals surface area contributed by atoms with E-state index in [1.165, 1.54) is 0 Å². The summed E-state index contributed by atoms with van der Waals surface area (Å²) in [5.41, 5.74) is -24.8. The molecule has 0 atom stereocenters. The largest absolute Gasteiger partial charge is 2.00 e. The zero-order chi connectivity index (χ0) is 34.5. The molecule has 0 unspecified atom stereocenters. The van der Waals surface area contributed by atoms with Gasteiger partial charge in [-0.1, -0.05) is 0 Å². The Morgan fingerprint density at radius 2 is 0.581 bits per heavy atom. The van der Waals surface area contributed by atoms with Gasteiger partial charge in [-0.3, -0.25) is 0 Å². The van der Waals surface area contributed by atoms with Crippen molar-refractivity contribution in [1.29, 1.82) is 0 Å². The zero-order valence-corrected chi connectivity index (χ0v) is 25.0. The van der Waals surface area contributed by atoms with E-state index in [4.69, 9.17) is 18.9 Å². The first kappa shape index (κ1) is 49.1. The van der Waals surface area contributed by atoms with E-state index in [2.05, 4.69) is 0 Å². The third-order valence-electron chi connectivity index (χ3n) is 2.80. The van der Waals surface area contributed by atoms with E-state index in [1.54, 1.807) is 14.2 Å². The quantitative estimate of drug-likeness (QED) is 0.150. The summed E-state index contributed by atoms with van der Waals surface area (Å²) < 4.78 is 238. The van der Waals surface area contributed by atoms with E-state index in [9.17, 15) is 86.4 Å². The number of sulfonamides is 4. The number of rotatable bonds is 13. The van der Waals surface area contributed by atoms with E-state index in [1.807, 2.05) is 0 Å². The van der Waals surface area contributed by atoms with Gasteiger partial charge in [0, 0.05) is 14.2 Å². The average Bonchev–Trinajstić information content (AvgIpc) is 2.72. The molecule has 0 saturated heterocycles. The Morgan fingerprint density at radius 1 is 0.419 bits per heavy atom. The van der Waals surface area contributed by atoms with Crippen molar-refractivity contribution in [3.8, 4) is 0 Å². The topological polar surface area (TPSA) is 202 Å². The van der Waals surface area contributed by atoms with Gasteiger partial charge in [0.1, 0.15) is 0 Å². The van der Waals surface area contributed by atoms with Crippen LogP contribution in [0.25, 0.3) is 8.25 Å². The van der Waals surface area contributed by atoms with Crippen LogP contribution in [0.15, 0.2) is 0 Å². The number of hydrogen-bond donors (Lipinski definition) is 0. The molecule has 0 aromatic rings. The Bertz CT molecular complexity index is 1040. The van der Waals surface area contributed by atoms with E-state index in [-0.39, 0.29) is 17.1 Å². The van der Waals surface area contributed by atoms with Crippen LogP contribution in [0.1, 0.15) is 0 Å². The van der Waals surface area contributed by atoms with Crippen LogP contribution in [0, 0.1) is 0 Å². The van der Waals surface area contributed by atoms with Crippen LogP contribution < -0.4 is 0 Å². The standard InChI is InChI=1S/C8H18O4.2C2F6NO4S2.Mn/c1-9-3-5-11-7-8-12-6-4-10-2;2*3-1(4,5)14(10,11)9-15(12,13)2(6,7)8;/h3-8H2,1-2H3;;;/q;2*-1;+2. The Labute approximate surface area is 246 Å². The summed E-state index contributed by atoms with van der Waals surface area (Å²) in [7, 11) is -23.6. The summed E-state index contributed by atoms with van der Waals surface area (Å²) in [6.45, 7) is 3.77. The average molecular weight is 793 g/mol. The Hall–Kier alpha value is -0.761. The van der Waals surface area contributed by atoms with Crippen LogP contribution in [0.3, 0.4) is 0 Å². The minimum atomic E-state index is -6.72. The van der Waals surface area contributed by atoms with Gasteiger partial charge in [-0.2, -0.15) is 52.7 Å². The fourth-order valence-corrected chi connectivity index (χ4v) is 4.45. The fourth-order valence-electron chi connectivity index (χ4n) is 1.03. The SMILES string of the molecule is COCCOCCOCCOC.O=S(=O)([N-]S(=O)(=O)C(F)(F)F)C(F)(F)F.O=S(=O)([N-]S(=O)(=O)C(F)(F)F)C(F)(F)F.[Mn+2]. The second-order valence-electron chi connectivity index (χ2n) is 6.04. The number of hydrogen-bond acceptors (Lipinski definition) is 12. The van der Waals surface area contributed by atoms with Gasteiger partial charge in [0.05, 0.1) is 39.6 Å². The first-order chi connectivity index (χ1) is 18.3. The smallest absolute Gasteiger partial charge is 0.421 e. The van der Waals surface area contributed by atoms with Gasteiger partial charge in [-0.25, -0.2) is 33.7 Å². The third-order valence-corrected chi connectivity index (χ3v) is 8.28. The maximum absolute atomic E-state index is 11.4. The molecule has 0 N–H and O–H groups in total. The molecular weight excluding hydrogens is 775 g/mol. The minimum absolute atomic E-state index is 0. The normalized spacial score (nSPS) is 13.6. The van der Waals surface area contributed by atoms with Gasteiger partial charge in [-0.05, 0) is 0 Å². The monoisotopic (exact) mass is 793 g/mol. The Kier molecular flexibility index (Phi) is 21.7. The maximum Gasteiger partial charge on any atom is 2.00 e. The predicted octanol–water partition coefficient (Wildman–Crippen LogP) is 2.43. The van der Waals surface area contributed by atoms with Gasteiger partial charge in [-0.15, -0.1) is 0 Å². The van der Waals surface area contributed by atoms with E-state index in [0.29, 0.717) is 39.6 Å². The number of halogens is 12. The summed E-state index contributed by atoms with van der Waals surface area (Å²) in [4.78, 5) is 0. The van der Waals surface area contributed by atoms with Crippen LogP contribution in [-0.2, 0) is 76.1 Å². The molecule has 0 fully saturated rings.